The lowest BCUT2D eigenvalue weighted by atomic mass is 10.1. The number of nitrogens with zero attached hydrogens (tertiary/aromatic N) is 1. The molecule has 1 heterocycles. The Labute approximate surface area is 110 Å². The molecule has 0 aromatic rings. The number of hydrogen-bond acceptors (Lipinski definition) is 3. The molecule has 0 radical (unpaired) electrons. The fourth-order valence-electron chi connectivity index (χ4n) is 2.31. The van der Waals surface area contributed by atoms with Crippen molar-refractivity contribution in [3.05, 3.63) is 0 Å². The van der Waals surface area contributed by atoms with Crippen molar-refractivity contribution >= 4 is 17.7 Å². The lowest BCUT2D eigenvalue weighted by molar-refractivity contribution is -0.130. The lowest BCUT2D eigenvalue weighted by Gasteiger charge is -2.22. The van der Waals surface area contributed by atoms with Gasteiger partial charge in [0.15, 0.2) is 0 Å². The normalized spacial score (nSPS) is 25.0. The molecule has 100 valence electrons. The standard InChI is InChI=1S/C13H26N2OS/c1-5-11-14-12(10(2)3)13(16)15(11)8-6-7-9-17-4/h10-12,14H,5-9H2,1-4H3. The van der Waals surface area contributed by atoms with E-state index in [9.17, 15) is 4.79 Å². The van der Waals surface area contributed by atoms with E-state index in [0.717, 1.165) is 19.4 Å². The van der Waals surface area contributed by atoms with Gasteiger partial charge in [0.25, 0.3) is 0 Å². The van der Waals surface area contributed by atoms with Crippen LogP contribution in [0.3, 0.4) is 0 Å². The highest BCUT2D eigenvalue weighted by atomic mass is 32.2. The third-order valence-corrected chi connectivity index (χ3v) is 4.05. The molecule has 1 rings (SSSR count). The number of carbonyl (C=O) groups excluding carboxylic acids is 1. The third-order valence-electron chi connectivity index (χ3n) is 3.35. The predicted molar refractivity (Wildman–Crippen MR) is 75.2 cm³/mol. The average molecular weight is 258 g/mol. The number of unbranched alkanes of at least 4 members (excludes halogenated alkanes) is 1. The molecule has 0 spiro atoms. The van der Waals surface area contributed by atoms with Crippen molar-refractivity contribution in [3.8, 4) is 0 Å². The Kier molecular flexibility index (Phi) is 6.34. The van der Waals surface area contributed by atoms with E-state index in [1.165, 1.54) is 12.2 Å². The number of rotatable bonds is 7. The summed E-state index contributed by atoms with van der Waals surface area (Å²) in [6.07, 6.45) is 5.71. The van der Waals surface area contributed by atoms with Gasteiger partial charge in [-0.25, -0.2) is 0 Å². The Morgan fingerprint density at radius 1 is 1.41 bits per heavy atom. The molecule has 0 aromatic heterocycles. The Morgan fingerprint density at radius 2 is 2.12 bits per heavy atom. The summed E-state index contributed by atoms with van der Waals surface area (Å²) in [5.41, 5.74) is 0. The van der Waals surface area contributed by atoms with Crippen LogP contribution in [0.25, 0.3) is 0 Å². The summed E-state index contributed by atoms with van der Waals surface area (Å²) < 4.78 is 0. The van der Waals surface area contributed by atoms with Crippen molar-refractivity contribution in [2.45, 2.75) is 52.2 Å². The van der Waals surface area contributed by atoms with Crippen LogP contribution in [-0.4, -0.2) is 41.6 Å². The zero-order chi connectivity index (χ0) is 12.8. The van der Waals surface area contributed by atoms with E-state index in [2.05, 4.69) is 32.3 Å². The minimum atomic E-state index is 0.0282. The predicted octanol–water partition coefficient (Wildman–Crippen LogP) is 2.32. The molecule has 1 N–H and O–H groups in total. The molecule has 2 unspecified atom stereocenters. The first-order valence-corrected chi connectivity index (χ1v) is 8.06. The maximum absolute atomic E-state index is 12.2. The maximum atomic E-state index is 12.2. The van der Waals surface area contributed by atoms with E-state index >= 15 is 0 Å². The number of thioether (sulfide) groups is 1. The Balaban J connectivity index is 2.47. The molecular formula is C13H26N2OS. The summed E-state index contributed by atoms with van der Waals surface area (Å²) >= 11 is 1.88. The van der Waals surface area contributed by atoms with Gasteiger partial charge >= 0.3 is 0 Å². The Hall–Kier alpha value is -0.220. The van der Waals surface area contributed by atoms with Gasteiger partial charge in [0.05, 0.1) is 12.2 Å². The number of carbonyl (C=O) groups is 1. The number of nitrogens with one attached hydrogen (secondary N) is 1. The number of amides is 1. The molecule has 0 bridgehead atoms. The van der Waals surface area contributed by atoms with Crippen LogP contribution in [0, 0.1) is 5.92 Å². The van der Waals surface area contributed by atoms with Crippen LogP contribution in [0.5, 0.6) is 0 Å². The molecule has 0 aromatic carbocycles. The lowest BCUT2D eigenvalue weighted by Crippen LogP contribution is -2.37. The SMILES string of the molecule is CCC1NC(C(C)C)C(=O)N1CCCCSC. The fourth-order valence-corrected chi connectivity index (χ4v) is 2.80. The molecule has 1 saturated heterocycles. The van der Waals surface area contributed by atoms with Crippen LogP contribution in [0.4, 0.5) is 0 Å². The van der Waals surface area contributed by atoms with E-state index in [1.807, 2.05) is 16.7 Å². The zero-order valence-corrected chi connectivity index (χ0v) is 12.3. The quantitative estimate of drug-likeness (QED) is 0.711. The van der Waals surface area contributed by atoms with Crippen molar-refractivity contribution in [2.75, 3.05) is 18.6 Å². The highest BCUT2D eigenvalue weighted by molar-refractivity contribution is 7.98. The van der Waals surface area contributed by atoms with E-state index in [1.54, 1.807) is 0 Å². The van der Waals surface area contributed by atoms with Crippen LogP contribution in [0.15, 0.2) is 0 Å². The molecule has 1 aliphatic heterocycles. The summed E-state index contributed by atoms with van der Waals surface area (Å²) in [5.74, 6) is 1.88. The van der Waals surface area contributed by atoms with Crippen molar-refractivity contribution in [2.24, 2.45) is 5.92 Å². The molecule has 0 aliphatic carbocycles. The van der Waals surface area contributed by atoms with E-state index in [-0.39, 0.29) is 12.2 Å². The summed E-state index contributed by atoms with van der Waals surface area (Å²) in [6.45, 7) is 7.27. The largest absolute Gasteiger partial charge is 0.326 e. The van der Waals surface area contributed by atoms with Crippen molar-refractivity contribution in [3.63, 3.8) is 0 Å². The zero-order valence-electron chi connectivity index (χ0n) is 11.5. The Morgan fingerprint density at radius 3 is 2.65 bits per heavy atom. The Bertz CT molecular complexity index is 246. The number of hydrogen-bond donors (Lipinski definition) is 1. The second kappa shape index (κ2) is 7.27. The minimum absolute atomic E-state index is 0.0282. The van der Waals surface area contributed by atoms with Gasteiger partial charge in [-0.1, -0.05) is 20.8 Å². The highest BCUT2D eigenvalue weighted by Gasteiger charge is 2.38. The van der Waals surface area contributed by atoms with E-state index < -0.39 is 0 Å². The summed E-state index contributed by atoms with van der Waals surface area (Å²) in [7, 11) is 0. The molecular weight excluding hydrogens is 232 g/mol. The van der Waals surface area contributed by atoms with Gasteiger partial charge in [0.1, 0.15) is 0 Å². The first kappa shape index (κ1) is 14.8. The second-order valence-electron chi connectivity index (χ2n) is 5.04. The average Bonchev–Trinajstić information content (AvgIpc) is 2.62. The third kappa shape index (κ3) is 3.88. The first-order valence-electron chi connectivity index (χ1n) is 6.67. The summed E-state index contributed by atoms with van der Waals surface area (Å²) in [5, 5.41) is 3.45. The minimum Gasteiger partial charge on any atom is -0.326 e. The molecule has 1 amide bonds. The molecule has 4 heteroatoms. The van der Waals surface area contributed by atoms with E-state index in [0.29, 0.717) is 11.8 Å². The molecule has 17 heavy (non-hydrogen) atoms. The van der Waals surface area contributed by atoms with Gasteiger partial charge in [-0.05, 0) is 37.2 Å². The van der Waals surface area contributed by atoms with Crippen LogP contribution in [0.1, 0.15) is 40.0 Å². The van der Waals surface area contributed by atoms with Crippen LogP contribution in [-0.2, 0) is 4.79 Å². The van der Waals surface area contributed by atoms with Gasteiger partial charge in [-0.2, -0.15) is 11.8 Å². The molecule has 3 nitrogen and oxygen atoms in total. The van der Waals surface area contributed by atoms with Crippen molar-refractivity contribution in [1.29, 1.82) is 0 Å². The smallest absolute Gasteiger partial charge is 0.241 e. The van der Waals surface area contributed by atoms with Crippen molar-refractivity contribution < 1.29 is 4.79 Å². The summed E-state index contributed by atoms with van der Waals surface area (Å²) in [6, 6.07) is 0.0282. The molecule has 2 atom stereocenters. The highest BCUT2D eigenvalue weighted by Crippen LogP contribution is 2.19. The molecule has 1 fully saturated rings. The van der Waals surface area contributed by atoms with Gasteiger partial charge < -0.3 is 4.90 Å². The van der Waals surface area contributed by atoms with Gasteiger partial charge in [0.2, 0.25) is 5.91 Å². The van der Waals surface area contributed by atoms with Crippen LogP contribution < -0.4 is 5.32 Å². The fraction of sp³-hybridized carbons (Fsp3) is 0.923. The first-order chi connectivity index (χ1) is 8.11. The van der Waals surface area contributed by atoms with Gasteiger partial charge in [-0.3, -0.25) is 10.1 Å². The topological polar surface area (TPSA) is 32.3 Å². The van der Waals surface area contributed by atoms with Crippen molar-refractivity contribution in [1.82, 2.24) is 10.2 Å². The molecule has 1 aliphatic rings. The second-order valence-corrected chi connectivity index (χ2v) is 6.03. The summed E-state index contributed by atoms with van der Waals surface area (Å²) in [4.78, 5) is 14.3. The van der Waals surface area contributed by atoms with Crippen LogP contribution >= 0.6 is 11.8 Å². The monoisotopic (exact) mass is 258 g/mol. The van der Waals surface area contributed by atoms with Crippen LogP contribution in [0.2, 0.25) is 0 Å². The maximum Gasteiger partial charge on any atom is 0.241 e. The van der Waals surface area contributed by atoms with Gasteiger partial charge in [0, 0.05) is 6.54 Å². The van der Waals surface area contributed by atoms with E-state index in [4.69, 9.17) is 0 Å². The molecule has 0 saturated carbocycles. The van der Waals surface area contributed by atoms with Gasteiger partial charge in [-0.15, -0.1) is 0 Å².